The second-order valence-corrected chi connectivity index (χ2v) is 17.3. The molecule has 42 heavy (non-hydrogen) atoms. The van der Waals surface area contributed by atoms with Crippen molar-refractivity contribution in [3.63, 3.8) is 0 Å². The van der Waals surface area contributed by atoms with E-state index in [2.05, 4.69) is 48.5 Å². The molecule has 0 aliphatic heterocycles. The van der Waals surface area contributed by atoms with Crippen molar-refractivity contribution in [2.24, 2.45) is 0 Å². The number of thiophene rings is 4. The van der Waals surface area contributed by atoms with Crippen LogP contribution in [0.5, 0.6) is 0 Å². The molecule has 218 valence electrons. The van der Waals surface area contributed by atoms with Crippen LogP contribution >= 0.6 is 45.3 Å². The zero-order valence-corrected chi connectivity index (χ0v) is 32.9. The number of hydrogen-bond donors (Lipinski definition) is 0. The monoisotopic (exact) mass is 702 g/mol. The van der Waals surface area contributed by atoms with Crippen molar-refractivity contribution in [2.45, 2.75) is 64.2 Å². The molecule has 4 rings (SSSR count). The molecule has 4 aromatic rings. The molecule has 0 aliphatic rings. The van der Waals surface area contributed by atoms with Gasteiger partial charge in [0.2, 0.25) is 0 Å². The van der Waals surface area contributed by atoms with Gasteiger partial charge >= 0.3 is 59.1 Å². The summed E-state index contributed by atoms with van der Waals surface area (Å²) in [5.74, 6) is -0.525. The molecule has 4 aromatic heterocycles. The molecule has 0 unspecified atom stereocenters. The first kappa shape index (κ1) is 38.8. The molecule has 0 radical (unpaired) electrons. The Hall–Kier alpha value is 0.620. The summed E-state index contributed by atoms with van der Waals surface area (Å²) >= 11 is 7.22. The van der Waals surface area contributed by atoms with Gasteiger partial charge in [0, 0.05) is 50.5 Å². The first-order valence-electron chi connectivity index (χ1n) is 13.3. The molecular formula is C28H32Na2O6S6. The molecule has 4 heterocycles. The van der Waals surface area contributed by atoms with Gasteiger partial charge in [-0.2, -0.15) is 0 Å². The van der Waals surface area contributed by atoms with Gasteiger partial charge < -0.3 is 9.11 Å². The van der Waals surface area contributed by atoms with Crippen molar-refractivity contribution in [3.8, 4) is 29.3 Å². The maximum atomic E-state index is 10.7. The van der Waals surface area contributed by atoms with E-state index >= 15 is 0 Å². The maximum absolute atomic E-state index is 10.7. The van der Waals surface area contributed by atoms with Gasteiger partial charge in [0.1, 0.15) is 0 Å². The molecule has 0 amide bonds. The number of rotatable bonds is 17. The van der Waals surface area contributed by atoms with Crippen molar-refractivity contribution < 1.29 is 85.1 Å². The van der Waals surface area contributed by atoms with Crippen molar-refractivity contribution in [1.29, 1.82) is 0 Å². The summed E-state index contributed by atoms with van der Waals surface area (Å²) in [4.78, 5) is 10.2. The minimum atomic E-state index is -4.10. The number of aryl methyl sites for hydroxylation is 2. The maximum Gasteiger partial charge on any atom is 1.00 e. The minimum Gasteiger partial charge on any atom is -0.748 e. The van der Waals surface area contributed by atoms with Gasteiger partial charge in [-0.25, -0.2) is 16.8 Å². The van der Waals surface area contributed by atoms with E-state index in [4.69, 9.17) is 0 Å². The van der Waals surface area contributed by atoms with Crippen LogP contribution in [-0.4, -0.2) is 37.4 Å². The van der Waals surface area contributed by atoms with Crippen molar-refractivity contribution in [2.75, 3.05) is 11.5 Å². The average Bonchev–Trinajstić information content (AvgIpc) is 3.68. The summed E-state index contributed by atoms with van der Waals surface area (Å²) < 4.78 is 64.1. The molecule has 0 aromatic carbocycles. The third-order valence-electron chi connectivity index (χ3n) is 6.40. The van der Waals surface area contributed by atoms with Crippen LogP contribution in [0.4, 0.5) is 0 Å². The minimum absolute atomic E-state index is 0. The largest absolute Gasteiger partial charge is 1.00 e. The fourth-order valence-corrected chi connectivity index (χ4v) is 9.86. The Bertz CT molecular complexity index is 1460. The van der Waals surface area contributed by atoms with Gasteiger partial charge in [-0.1, -0.05) is 25.7 Å². The van der Waals surface area contributed by atoms with Gasteiger partial charge in [-0.05, 0) is 87.1 Å². The molecule has 0 aliphatic carbocycles. The van der Waals surface area contributed by atoms with Crippen LogP contribution in [0.15, 0.2) is 48.5 Å². The van der Waals surface area contributed by atoms with Crippen LogP contribution in [0.1, 0.15) is 61.1 Å². The van der Waals surface area contributed by atoms with E-state index in [9.17, 15) is 25.9 Å². The quantitative estimate of drug-likeness (QED) is 0.0948. The van der Waals surface area contributed by atoms with Crippen LogP contribution in [0.2, 0.25) is 0 Å². The first-order valence-corrected chi connectivity index (χ1v) is 19.7. The molecule has 0 saturated heterocycles. The Kier molecular flexibility index (Phi) is 17.3. The van der Waals surface area contributed by atoms with Crippen molar-refractivity contribution >= 4 is 65.6 Å². The van der Waals surface area contributed by atoms with E-state index in [1.165, 1.54) is 39.0 Å². The second-order valence-electron chi connectivity index (χ2n) is 9.71. The second kappa shape index (κ2) is 18.7. The van der Waals surface area contributed by atoms with Crippen LogP contribution in [-0.2, 0) is 33.1 Å². The van der Waals surface area contributed by atoms with Gasteiger partial charge in [-0.15, -0.1) is 45.3 Å². The Morgan fingerprint density at radius 1 is 0.429 bits per heavy atom. The molecule has 0 bridgehead atoms. The van der Waals surface area contributed by atoms with Crippen LogP contribution in [0, 0.1) is 0 Å². The SMILES string of the molecule is O=S(=O)([O-])CCCCCCc1ccc(-c2ccc(-c3ccc(-c4ccc(CCCCCCS(=O)(=O)[O-])s4)s3)s2)s1.[Na+].[Na+]. The summed E-state index contributed by atoms with van der Waals surface area (Å²) in [6, 6.07) is 17.5. The normalized spacial score (nSPS) is 11.8. The Labute approximate surface area is 310 Å². The molecular weight excluding hydrogens is 671 g/mol. The Morgan fingerprint density at radius 2 is 0.714 bits per heavy atom. The third kappa shape index (κ3) is 13.5. The van der Waals surface area contributed by atoms with E-state index in [1.54, 1.807) is 22.7 Å². The fourth-order valence-electron chi connectivity index (χ4n) is 4.36. The molecule has 14 heteroatoms. The number of hydrogen-bond acceptors (Lipinski definition) is 10. The van der Waals surface area contributed by atoms with E-state index < -0.39 is 20.2 Å². The first-order chi connectivity index (χ1) is 19.1. The third-order valence-corrected chi connectivity index (χ3v) is 13.0. The summed E-state index contributed by atoms with van der Waals surface area (Å²) in [5.41, 5.74) is 0. The van der Waals surface area contributed by atoms with Gasteiger partial charge in [0.15, 0.2) is 0 Å². The Morgan fingerprint density at radius 3 is 1.05 bits per heavy atom. The molecule has 0 N–H and O–H groups in total. The zero-order chi connectivity index (χ0) is 28.6. The van der Waals surface area contributed by atoms with Crippen molar-refractivity contribution in [3.05, 3.63) is 58.3 Å². The number of unbranched alkanes of at least 4 members (excludes halogenated alkanes) is 6. The molecule has 0 fully saturated rings. The van der Waals surface area contributed by atoms with E-state index in [-0.39, 0.29) is 70.6 Å². The standard InChI is InChI=1S/C28H34O6S6.2Na/c29-39(30,31)19-7-3-1-5-9-21-11-13-23(35-21)25-15-17-27(37-25)28-18-16-26(38-28)24-14-12-22(36-24)10-6-2-4-8-20-40(32,33)34;;/h11-18H,1-10,19-20H2,(H,29,30,31)(H,32,33,34);;/q;2*+1/p-2. The van der Waals surface area contributed by atoms with E-state index in [0.29, 0.717) is 12.8 Å². The smallest absolute Gasteiger partial charge is 0.748 e. The Balaban J connectivity index is 0.00000308. The van der Waals surface area contributed by atoms with Crippen molar-refractivity contribution in [1.82, 2.24) is 0 Å². The van der Waals surface area contributed by atoms with E-state index in [1.807, 2.05) is 22.7 Å². The van der Waals surface area contributed by atoms with E-state index in [0.717, 1.165) is 51.4 Å². The van der Waals surface area contributed by atoms with Crippen LogP contribution < -0.4 is 59.1 Å². The molecule has 0 spiro atoms. The molecule has 0 atom stereocenters. The summed E-state index contributed by atoms with van der Waals surface area (Å²) in [6.07, 6.45) is 8.20. The predicted octanol–water partition coefficient (Wildman–Crippen LogP) is 2.24. The van der Waals surface area contributed by atoms with Gasteiger partial charge in [0.25, 0.3) is 0 Å². The van der Waals surface area contributed by atoms with Gasteiger partial charge in [0.05, 0.1) is 20.2 Å². The summed E-state index contributed by atoms with van der Waals surface area (Å²) in [7, 11) is -8.19. The topological polar surface area (TPSA) is 114 Å². The fraction of sp³-hybridized carbons (Fsp3) is 0.429. The zero-order valence-electron chi connectivity index (χ0n) is 24.0. The summed E-state index contributed by atoms with van der Waals surface area (Å²) in [6.45, 7) is 0. The molecule has 0 saturated carbocycles. The van der Waals surface area contributed by atoms with Gasteiger partial charge in [-0.3, -0.25) is 0 Å². The van der Waals surface area contributed by atoms with Crippen LogP contribution in [0.25, 0.3) is 29.3 Å². The summed E-state index contributed by atoms with van der Waals surface area (Å²) in [5, 5.41) is 0. The molecule has 6 nitrogen and oxygen atoms in total. The van der Waals surface area contributed by atoms with Crippen LogP contribution in [0.3, 0.4) is 0 Å². The predicted molar refractivity (Wildman–Crippen MR) is 168 cm³/mol. The average molecular weight is 703 g/mol.